The van der Waals surface area contributed by atoms with Crippen LogP contribution in [0, 0.1) is 0 Å². The molecule has 122 valence electrons. The first kappa shape index (κ1) is 14.8. The molecule has 0 unspecified atom stereocenters. The maximum Gasteiger partial charge on any atom is 0.255 e. The molecule has 1 aliphatic heterocycles. The van der Waals surface area contributed by atoms with E-state index in [1.54, 1.807) is 18.6 Å². The number of aryl methyl sites for hydroxylation is 1. The Hall–Kier alpha value is -2.80. The second-order valence-electron chi connectivity index (χ2n) is 5.98. The number of aromatic amines is 1. The van der Waals surface area contributed by atoms with Crippen molar-refractivity contribution in [3.8, 4) is 11.4 Å². The third-order valence-corrected chi connectivity index (χ3v) is 4.41. The predicted octanol–water partition coefficient (Wildman–Crippen LogP) is 1.12. The number of H-pyrrole nitrogens is 1. The average molecular weight is 322 g/mol. The van der Waals surface area contributed by atoms with Crippen molar-refractivity contribution in [3.05, 3.63) is 64.1 Å². The van der Waals surface area contributed by atoms with Crippen LogP contribution in [-0.2, 0) is 26.6 Å². The zero-order chi connectivity index (χ0) is 16.5. The number of hydrogen-bond donors (Lipinski definition) is 1. The third-order valence-electron chi connectivity index (χ3n) is 4.41. The van der Waals surface area contributed by atoms with Crippen molar-refractivity contribution in [2.75, 3.05) is 6.54 Å². The highest BCUT2D eigenvalue weighted by Gasteiger charge is 2.22. The molecule has 0 amide bonds. The smallest absolute Gasteiger partial charge is 0.255 e. The average Bonchev–Trinajstić information content (AvgIpc) is 3.01. The lowest BCUT2D eigenvalue weighted by molar-refractivity contribution is 0.235. The largest absolute Gasteiger partial charge is 0.306 e. The van der Waals surface area contributed by atoms with Crippen LogP contribution in [0.3, 0.4) is 0 Å². The van der Waals surface area contributed by atoms with Crippen LogP contribution >= 0.6 is 0 Å². The fourth-order valence-corrected chi connectivity index (χ4v) is 3.05. The molecular formula is C17H18N6O. The van der Waals surface area contributed by atoms with E-state index >= 15 is 0 Å². The zero-order valence-corrected chi connectivity index (χ0v) is 13.4. The van der Waals surface area contributed by atoms with E-state index in [0.29, 0.717) is 12.4 Å². The molecule has 0 atom stereocenters. The van der Waals surface area contributed by atoms with Gasteiger partial charge in [-0.2, -0.15) is 5.10 Å². The fourth-order valence-electron chi connectivity index (χ4n) is 3.05. The lowest BCUT2D eigenvalue weighted by Crippen LogP contribution is -2.35. The number of fused-ring (bicyclic) bond motifs is 1. The summed E-state index contributed by atoms with van der Waals surface area (Å²) in [4.78, 5) is 26.3. The van der Waals surface area contributed by atoms with Gasteiger partial charge in [-0.25, -0.2) is 4.98 Å². The number of hydrogen-bond acceptors (Lipinski definition) is 5. The minimum absolute atomic E-state index is 0.0541. The van der Waals surface area contributed by atoms with Crippen LogP contribution in [0.5, 0.6) is 0 Å². The van der Waals surface area contributed by atoms with Crippen molar-refractivity contribution < 1.29 is 0 Å². The molecule has 4 heterocycles. The summed E-state index contributed by atoms with van der Waals surface area (Å²) in [6.45, 7) is 2.27. The van der Waals surface area contributed by atoms with Gasteiger partial charge in [-0.15, -0.1) is 0 Å². The maximum atomic E-state index is 12.5. The van der Waals surface area contributed by atoms with E-state index < -0.39 is 0 Å². The molecule has 0 fully saturated rings. The molecule has 1 aliphatic rings. The Labute approximate surface area is 139 Å². The first-order valence-electron chi connectivity index (χ1n) is 7.92. The Morgan fingerprint density at radius 3 is 2.79 bits per heavy atom. The highest BCUT2D eigenvalue weighted by molar-refractivity contribution is 5.54. The third kappa shape index (κ3) is 2.74. The number of nitrogens with one attached hydrogen (secondary N) is 1. The standard InChI is InChI=1S/C17H18N6O/c1-22-13(4-8-19-22)10-23-9-5-15-14(11-23)17(24)21-16(20-15)12-2-6-18-7-3-12/h2-4,6-8H,5,9-11H2,1H3,(H,20,21,24). The normalized spacial score (nSPS) is 14.5. The van der Waals surface area contributed by atoms with Gasteiger partial charge in [0.05, 0.1) is 17.0 Å². The summed E-state index contributed by atoms with van der Waals surface area (Å²) in [5.41, 5.74) is 3.62. The molecule has 3 aromatic heterocycles. The molecular weight excluding hydrogens is 304 g/mol. The molecule has 0 aliphatic carbocycles. The van der Waals surface area contributed by atoms with Crippen molar-refractivity contribution in [1.29, 1.82) is 0 Å². The Kier molecular flexibility index (Phi) is 3.70. The summed E-state index contributed by atoms with van der Waals surface area (Å²) in [5.74, 6) is 0.612. The van der Waals surface area contributed by atoms with Gasteiger partial charge in [-0.1, -0.05) is 0 Å². The highest BCUT2D eigenvalue weighted by Crippen LogP contribution is 2.19. The van der Waals surface area contributed by atoms with Crippen LogP contribution in [0.2, 0.25) is 0 Å². The molecule has 24 heavy (non-hydrogen) atoms. The lowest BCUT2D eigenvalue weighted by atomic mass is 10.1. The van der Waals surface area contributed by atoms with Crippen molar-refractivity contribution in [3.63, 3.8) is 0 Å². The van der Waals surface area contributed by atoms with Crippen LogP contribution < -0.4 is 5.56 Å². The number of pyridine rings is 1. The van der Waals surface area contributed by atoms with Crippen molar-refractivity contribution in [1.82, 2.24) is 29.6 Å². The Balaban J connectivity index is 1.61. The van der Waals surface area contributed by atoms with Crippen LogP contribution in [0.25, 0.3) is 11.4 Å². The van der Waals surface area contributed by atoms with Gasteiger partial charge in [0, 0.05) is 57.3 Å². The van der Waals surface area contributed by atoms with Crippen molar-refractivity contribution >= 4 is 0 Å². The summed E-state index contributed by atoms with van der Waals surface area (Å²) in [6.07, 6.45) is 5.96. The van der Waals surface area contributed by atoms with Crippen LogP contribution in [0.4, 0.5) is 0 Å². The van der Waals surface area contributed by atoms with Crippen LogP contribution in [-0.4, -0.2) is 36.2 Å². The second kappa shape index (κ2) is 6.01. The topological polar surface area (TPSA) is 79.7 Å². The summed E-state index contributed by atoms with van der Waals surface area (Å²) in [7, 11) is 1.93. The molecule has 0 spiro atoms. The summed E-state index contributed by atoms with van der Waals surface area (Å²) in [5, 5.41) is 4.19. The van der Waals surface area contributed by atoms with Crippen molar-refractivity contribution in [2.45, 2.75) is 19.5 Å². The fraction of sp³-hybridized carbons (Fsp3) is 0.294. The maximum absolute atomic E-state index is 12.5. The van der Waals surface area contributed by atoms with Crippen LogP contribution in [0.1, 0.15) is 17.0 Å². The van der Waals surface area contributed by atoms with E-state index in [-0.39, 0.29) is 5.56 Å². The summed E-state index contributed by atoms with van der Waals surface area (Å²) < 4.78 is 1.87. The first-order valence-corrected chi connectivity index (χ1v) is 7.92. The highest BCUT2D eigenvalue weighted by atomic mass is 16.1. The first-order chi connectivity index (χ1) is 11.7. The Morgan fingerprint density at radius 1 is 1.21 bits per heavy atom. The number of nitrogens with zero attached hydrogens (tertiary/aromatic N) is 5. The molecule has 7 heteroatoms. The van der Waals surface area contributed by atoms with Gasteiger partial charge in [-0.3, -0.25) is 19.4 Å². The summed E-state index contributed by atoms with van der Waals surface area (Å²) >= 11 is 0. The van der Waals surface area contributed by atoms with E-state index in [9.17, 15) is 4.79 Å². The lowest BCUT2D eigenvalue weighted by Gasteiger charge is -2.27. The molecule has 0 aromatic carbocycles. The minimum atomic E-state index is -0.0541. The molecule has 1 N–H and O–H groups in total. The van der Waals surface area contributed by atoms with Gasteiger partial charge in [0.25, 0.3) is 5.56 Å². The molecule has 0 saturated carbocycles. The van der Waals surface area contributed by atoms with Gasteiger partial charge in [0.1, 0.15) is 5.82 Å². The van der Waals surface area contributed by atoms with Gasteiger partial charge >= 0.3 is 0 Å². The van der Waals surface area contributed by atoms with E-state index in [1.807, 2.05) is 29.9 Å². The van der Waals surface area contributed by atoms with E-state index in [2.05, 4.69) is 25.0 Å². The van der Waals surface area contributed by atoms with Gasteiger partial charge in [-0.05, 0) is 18.2 Å². The van der Waals surface area contributed by atoms with Gasteiger partial charge in [0.15, 0.2) is 0 Å². The quantitative estimate of drug-likeness (QED) is 0.782. The second-order valence-corrected chi connectivity index (χ2v) is 5.98. The molecule has 3 aromatic rings. The van der Waals surface area contributed by atoms with Gasteiger partial charge < -0.3 is 4.98 Å². The number of aromatic nitrogens is 5. The Morgan fingerprint density at radius 2 is 2.04 bits per heavy atom. The zero-order valence-electron chi connectivity index (χ0n) is 13.4. The van der Waals surface area contributed by atoms with Gasteiger partial charge in [0.2, 0.25) is 0 Å². The minimum Gasteiger partial charge on any atom is -0.306 e. The molecule has 0 saturated heterocycles. The predicted molar refractivity (Wildman–Crippen MR) is 89.1 cm³/mol. The van der Waals surface area contributed by atoms with E-state index in [0.717, 1.165) is 42.0 Å². The molecule has 0 radical (unpaired) electrons. The molecule has 4 rings (SSSR count). The van der Waals surface area contributed by atoms with E-state index in [4.69, 9.17) is 0 Å². The summed E-state index contributed by atoms with van der Waals surface area (Å²) in [6, 6.07) is 5.70. The molecule has 7 nitrogen and oxygen atoms in total. The molecule has 0 bridgehead atoms. The number of rotatable bonds is 3. The Bertz CT molecular complexity index is 914. The SMILES string of the molecule is Cn1nccc1CN1CCc2nc(-c3ccncc3)[nH]c(=O)c2C1. The van der Waals surface area contributed by atoms with E-state index in [1.165, 1.54) is 0 Å². The van der Waals surface area contributed by atoms with Crippen molar-refractivity contribution in [2.24, 2.45) is 7.05 Å². The van der Waals surface area contributed by atoms with Crippen LogP contribution in [0.15, 0.2) is 41.6 Å². The monoisotopic (exact) mass is 322 g/mol.